The number of nitrogens with zero attached hydrogens (tertiary/aromatic N) is 5. The van der Waals surface area contributed by atoms with Crippen LogP contribution in [-0.2, 0) is 33.5 Å². The van der Waals surface area contributed by atoms with Crippen LogP contribution in [0.4, 0.5) is 11.4 Å². The van der Waals surface area contributed by atoms with Gasteiger partial charge in [0.1, 0.15) is 5.41 Å². The van der Waals surface area contributed by atoms with E-state index in [0.717, 1.165) is 16.7 Å². The van der Waals surface area contributed by atoms with Crippen LogP contribution in [0.25, 0.3) is 0 Å². The minimum Gasteiger partial charge on any atom is -0.307 e. The van der Waals surface area contributed by atoms with Gasteiger partial charge in [0.25, 0.3) is 0 Å². The molecule has 4 aromatic carbocycles. The summed E-state index contributed by atoms with van der Waals surface area (Å²) in [5.74, 6) is -1.32. The van der Waals surface area contributed by atoms with Crippen molar-refractivity contribution >= 4 is 23.2 Å². The second-order valence-corrected chi connectivity index (χ2v) is 12.4. The van der Waals surface area contributed by atoms with E-state index in [-0.39, 0.29) is 18.7 Å². The Morgan fingerprint density at radius 2 is 1.37 bits per heavy atom. The molecule has 0 bridgehead atoms. The molecule has 46 heavy (non-hydrogen) atoms. The highest BCUT2D eigenvalue weighted by atomic mass is 16.6. The lowest BCUT2D eigenvalue weighted by Crippen LogP contribution is -2.65. The summed E-state index contributed by atoms with van der Waals surface area (Å²) in [6.07, 6.45) is -0.594. The van der Waals surface area contributed by atoms with Crippen molar-refractivity contribution in [3.63, 3.8) is 0 Å². The molecule has 0 aromatic heterocycles. The second kappa shape index (κ2) is 10.1. The van der Waals surface area contributed by atoms with Gasteiger partial charge in [-0.05, 0) is 47.7 Å². The Balaban J connectivity index is 1.61. The van der Waals surface area contributed by atoms with Gasteiger partial charge in [-0.1, -0.05) is 96.6 Å². The maximum Gasteiger partial charge on any atom is 0.246 e. The van der Waals surface area contributed by atoms with Crippen LogP contribution >= 0.6 is 0 Å². The zero-order chi connectivity index (χ0) is 32.4. The van der Waals surface area contributed by atoms with Crippen LogP contribution < -0.4 is 9.80 Å². The van der Waals surface area contributed by atoms with Crippen molar-refractivity contribution < 1.29 is 14.5 Å². The predicted molar refractivity (Wildman–Crippen MR) is 170 cm³/mol. The van der Waals surface area contributed by atoms with E-state index in [1.54, 1.807) is 30.3 Å². The van der Waals surface area contributed by atoms with E-state index in [0.29, 0.717) is 22.5 Å². The van der Waals surface area contributed by atoms with Crippen molar-refractivity contribution in [1.29, 1.82) is 10.5 Å². The molecule has 4 aromatic rings. The van der Waals surface area contributed by atoms with Gasteiger partial charge in [-0.3, -0.25) is 19.7 Å². The number of hydrogen-bond donors (Lipinski definition) is 0. The Kier molecular flexibility index (Phi) is 6.36. The highest BCUT2D eigenvalue weighted by Crippen LogP contribution is 2.72. The van der Waals surface area contributed by atoms with Crippen LogP contribution in [0.15, 0.2) is 97.1 Å². The van der Waals surface area contributed by atoms with E-state index in [4.69, 9.17) is 0 Å². The first-order valence-electron chi connectivity index (χ1n) is 15.1. The summed E-state index contributed by atoms with van der Waals surface area (Å²) in [5, 5.41) is 35.2. The van der Waals surface area contributed by atoms with Crippen LogP contribution in [0.1, 0.15) is 39.8 Å². The summed E-state index contributed by atoms with van der Waals surface area (Å²) >= 11 is 0. The zero-order valence-corrected chi connectivity index (χ0v) is 25.3. The summed E-state index contributed by atoms with van der Waals surface area (Å²) in [6, 6.07) is 31.5. The Morgan fingerprint density at radius 1 is 0.804 bits per heavy atom. The molecule has 1 fully saturated rings. The van der Waals surface area contributed by atoms with Crippen LogP contribution in [-0.4, -0.2) is 22.8 Å². The molecule has 9 heteroatoms. The fourth-order valence-electron chi connectivity index (χ4n) is 8.52. The van der Waals surface area contributed by atoms with Crippen molar-refractivity contribution in [2.24, 2.45) is 5.41 Å². The highest BCUT2D eigenvalue weighted by molar-refractivity contribution is 6.21. The molecule has 226 valence electrons. The van der Waals surface area contributed by atoms with Crippen LogP contribution in [0.5, 0.6) is 0 Å². The van der Waals surface area contributed by atoms with Gasteiger partial charge in [-0.25, -0.2) is 0 Å². The third kappa shape index (κ3) is 3.43. The number of carbonyl (C=O) groups is 2. The number of aryl methyl sites for hydroxylation is 2. The fourth-order valence-corrected chi connectivity index (χ4v) is 8.52. The van der Waals surface area contributed by atoms with Gasteiger partial charge in [-0.2, -0.15) is 10.5 Å². The quantitative estimate of drug-likeness (QED) is 0.213. The van der Waals surface area contributed by atoms with Gasteiger partial charge >= 0.3 is 0 Å². The number of anilines is 2. The minimum absolute atomic E-state index is 0.0900. The molecule has 1 aliphatic carbocycles. The maximum atomic E-state index is 15.6. The first-order chi connectivity index (χ1) is 22.2. The van der Waals surface area contributed by atoms with Gasteiger partial charge < -0.3 is 9.80 Å². The van der Waals surface area contributed by atoms with Gasteiger partial charge in [0.05, 0.1) is 37.3 Å². The Bertz CT molecular complexity index is 2020. The van der Waals surface area contributed by atoms with E-state index in [1.165, 1.54) is 9.80 Å². The Labute approximate surface area is 266 Å². The largest absolute Gasteiger partial charge is 0.307 e. The molecule has 0 N–H and O–H groups in total. The SMILES string of the molecule is Cc1cc(C)c2c(c1)C1(C(=O)N2Cc2ccccc2)C(C#N)(C#N)CC([N+](=O)[O-])C12C(=O)N(Cc1ccccc1)c1ccccc12. The summed E-state index contributed by atoms with van der Waals surface area (Å²) < 4.78 is 0. The molecule has 9 nitrogen and oxygen atoms in total. The van der Waals surface area contributed by atoms with Gasteiger partial charge in [0.2, 0.25) is 17.9 Å². The monoisotopic (exact) mass is 607 g/mol. The van der Waals surface area contributed by atoms with Crippen molar-refractivity contribution in [3.05, 3.63) is 141 Å². The lowest BCUT2D eigenvalue weighted by atomic mass is 9.51. The molecule has 7 rings (SSSR count). The number of rotatable bonds is 5. The molecular weight excluding hydrogens is 578 g/mol. The first-order valence-corrected chi connectivity index (χ1v) is 15.1. The van der Waals surface area contributed by atoms with Gasteiger partial charge in [-0.15, -0.1) is 0 Å². The van der Waals surface area contributed by atoms with Crippen molar-refractivity contribution in [1.82, 2.24) is 0 Å². The molecule has 2 aliphatic heterocycles. The number of fused-ring (bicyclic) bond motifs is 5. The summed E-state index contributed by atoms with van der Waals surface area (Å²) in [5.41, 5.74) is -2.13. The third-order valence-electron chi connectivity index (χ3n) is 10.1. The molecule has 0 radical (unpaired) electrons. The van der Waals surface area contributed by atoms with E-state index in [9.17, 15) is 20.6 Å². The zero-order valence-electron chi connectivity index (χ0n) is 25.3. The number of para-hydroxylation sites is 1. The number of nitro groups is 1. The number of nitriles is 2. The van der Waals surface area contributed by atoms with Crippen molar-refractivity contribution in [3.8, 4) is 12.1 Å². The van der Waals surface area contributed by atoms with Crippen LogP contribution in [0, 0.1) is 52.0 Å². The summed E-state index contributed by atoms with van der Waals surface area (Å²) in [4.78, 5) is 46.7. The lowest BCUT2D eigenvalue weighted by Gasteiger charge is -2.42. The molecule has 3 atom stereocenters. The smallest absolute Gasteiger partial charge is 0.246 e. The number of amides is 2. The molecule has 3 unspecified atom stereocenters. The molecular formula is C37H29N5O4. The maximum absolute atomic E-state index is 15.6. The molecule has 2 amide bonds. The number of carbonyl (C=O) groups excluding carboxylic acids is 2. The normalized spacial score (nSPS) is 23.8. The average Bonchev–Trinajstić information content (AvgIpc) is 3.58. The highest BCUT2D eigenvalue weighted by Gasteiger charge is 2.88. The average molecular weight is 608 g/mol. The van der Waals surface area contributed by atoms with E-state index < -0.39 is 45.4 Å². The minimum atomic E-state index is -2.24. The lowest BCUT2D eigenvalue weighted by molar-refractivity contribution is -0.529. The molecule has 2 spiro atoms. The first kappa shape index (κ1) is 28.9. The third-order valence-corrected chi connectivity index (χ3v) is 10.1. The van der Waals surface area contributed by atoms with E-state index in [1.807, 2.05) is 80.6 Å². The van der Waals surface area contributed by atoms with E-state index in [2.05, 4.69) is 12.1 Å². The van der Waals surface area contributed by atoms with Crippen LogP contribution in [0.2, 0.25) is 0 Å². The second-order valence-electron chi connectivity index (χ2n) is 12.4. The molecule has 0 saturated heterocycles. The van der Waals surface area contributed by atoms with E-state index >= 15 is 9.59 Å². The Morgan fingerprint density at radius 3 is 1.96 bits per heavy atom. The molecule has 1 saturated carbocycles. The van der Waals surface area contributed by atoms with Crippen LogP contribution in [0.3, 0.4) is 0 Å². The summed E-state index contributed by atoms with van der Waals surface area (Å²) in [6.45, 7) is 3.86. The molecule has 2 heterocycles. The molecule has 3 aliphatic rings. The van der Waals surface area contributed by atoms with Gasteiger partial charge in [0, 0.05) is 10.6 Å². The number of benzene rings is 4. The number of hydrogen-bond acceptors (Lipinski definition) is 6. The fraction of sp³-hybridized carbons (Fsp3) is 0.243. The van der Waals surface area contributed by atoms with Crippen molar-refractivity contribution in [2.75, 3.05) is 9.80 Å². The Hall–Kier alpha value is -5.80. The van der Waals surface area contributed by atoms with Gasteiger partial charge in [0.15, 0.2) is 10.8 Å². The van der Waals surface area contributed by atoms with Crippen molar-refractivity contribution in [2.45, 2.75) is 50.2 Å². The topological polar surface area (TPSA) is 131 Å². The standard InChI is InChI=1S/C37H29N5O4/c1-24-17-25(2)32-29(18-24)37(34(44)41(32)21-27-13-7-4-8-14-27)35(22-38,23-39)19-31(42(45)46)36(37)28-15-9-10-16-30(28)40(33(36)43)20-26-11-5-3-6-12-26/h3-18,31H,19-21H2,1-2H3. The predicted octanol–water partition coefficient (Wildman–Crippen LogP) is 5.66. The summed E-state index contributed by atoms with van der Waals surface area (Å²) in [7, 11) is 0.